The van der Waals surface area contributed by atoms with Crippen LogP contribution in [0.2, 0.25) is 0 Å². The van der Waals surface area contributed by atoms with Crippen LogP contribution in [-0.2, 0) is 11.3 Å². The van der Waals surface area contributed by atoms with Crippen LogP contribution in [0.4, 0.5) is 0 Å². The SMILES string of the molecule is CCCN(CCC)Cc1ccc(C(C)C(=O)O)cc1. The molecule has 0 saturated carbocycles. The van der Waals surface area contributed by atoms with Crippen molar-refractivity contribution in [2.24, 2.45) is 0 Å². The van der Waals surface area contributed by atoms with E-state index in [4.69, 9.17) is 5.11 Å². The monoisotopic (exact) mass is 263 g/mol. The molecule has 0 heterocycles. The lowest BCUT2D eigenvalue weighted by molar-refractivity contribution is -0.138. The third-order valence-corrected chi connectivity index (χ3v) is 3.34. The molecule has 1 aromatic carbocycles. The van der Waals surface area contributed by atoms with Gasteiger partial charge in [-0.1, -0.05) is 38.1 Å². The number of nitrogens with zero attached hydrogens (tertiary/aromatic N) is 1. The van der Waals surface area contributed by atoms with Gasteiger partial charge in [-0.2, -0.15) is 0 Å². The Kier molecular flexibility index (Phi) is 6.57. The number of carbonyl (C=O) groups is 1. The molecule has 0 saturated heterocycles. The minimum atomic E-state index is -0.772. The maximum Gasteiger partial charge on any atom is 0.310 e. The molecule has 0 radical (unpaired) electrons. The number of hydrogen-bond acceptors (Lipinski definition) is 2. The van der Waals surface area contributed by atoms with Gasteiger partial charge in [0.1, 0.15) is 0 Å². The highest BCUT2D eigenvalue weighted by Gasteiger charge is 2.13. The van der Waals surface area contributed by atoms with Crippen molar-refractivity contribution in [3.63, 3.8) is 0 Å². The van der Waals surface area contributed by atoms with Crippen molar-refractivity contribution in [2.75, 3.05) is 13.1 Å². The van der Waals surface area contributed by atoms with Crippen molar-refractivity contribution in [1.82, 2.24) is 4.90 Å². The van der Waals surface area contributed by atoms with E-state index in [9.17, 15) is 4.79 Å². The first-order chi connectivity index (χ1) is 9.08. The maximum absolute atomic E-state index is 10.9. The average molecular weight is 263 g/mol. The highest BCUT2D eigenvalue weighted by atomic mass is 16.4. The van der Waals surface area contributed by atoms with Crippen LogP contribution in [0.15, 0.2) is 24.3 Å². The average Bonchev–Trinajstić information content (AvgIpc) is 2.39. The molecule has 0 aromatic heterocycles. The van der Waals surface area contributed by atoms with Crippen molar-refractivity contribution in [2.45, 2.75) is 46.1 Å². The molecule has 3 nitrogen and oxygen atoms in total. The van der Waals surface area contributed by atoms with E-state index in [0.29, 0.717) is 0 Å². The lowest BCUT2D eigenvalue weighted by Gasteiger charge is -2.21. The van der Waals surface area contributed by atoms with E-state index in [2.05, 4.69) is 18.7 Å². The second-order valence-corrected chi connectivity index (χ2v) is 5.08. The Bertz CT molecular complexity index is 380. The summed E-state index contributed by atoms with van der Waals surface area (Å²) in [4.78, 5) is 13.4. The zero-order valence-electron chi connectivity index (χ0n) is 12.2. The van der Waals surface area contributed by atoms with E-state index < -0.39 is 11.9 Å². The van der Waals surface area contributed by atoms with Crippen LogP contribution >= 0.6 is 0 Å². The van der Waals surface area contributed by atoms with Crippen LogP contribution in [0, 0.1) is 0 Å². The van der Waals surface area contributed by atoms with Gasteiger partial charge >= 0.3 is 5.97 Å². The van der Waals surface area contributed by atoms with Gasteiger partial charge in [0.05, 0.1) is 5.92 Å². The molecule has 0 amide bonds. The Hall–Kier alpha value is -1.35. The lowest BCUT2D eigenvalue weighted by Crippen LogP contribution is -2.24. The van der Waals surface area contributed by atoms with Crippen LogP contribution in [0.1, 0.15) is 50.7 Å². The van der Waals surface area contributed by atoms with Crippen LogP contribution in [0.5, 0.6) is 0 Å². The highest BCUT2D eigenvalue weighted by molar-refractivity contribution is 5.75. The van der Waals surface area contributed by atoms with Gasteiger partial charge in [0.15, 0.2) is 0 Å². The van der Waals surface area contributed by atoms with Gasteiger partial charge < -0.3 is 5.11 Å². The zero-order valence-corrected chi connectivity index (χ0v) is 12.2. The molecular weight excluding hydrogens is 238 g/mol. The number of carboxylic acid groups (broad SMARTS) is 1. The molecule has 1 rings (SSSR count). The van der Waals surface area contributed by atoms with Crippen LogP contribution < -0.4 is 0 Å². The van der Waals surface area contributed by atoms with Crippen molar-refractivity contribution in [3.8, 4) is 0 Å². The molecule has 106 valence electrons. The molecule has 3 heteroatoms. The fraction of sp³-hybridized carbons (Fsp3) is 0.562. The van der Waals surface area contributed by atoms with E-state index in [0.717, 1.165) is 38.0 Å². The number of rotatable bonds is 8. The third kappa shape index (κ3) is 5.03. The van der Waals surface area contributed by atoms with E-state index in [1.54, 1.807) is 6.92 Å². The summed E-state index contributed by atoms with van der Waals surface area (Å²) >= 11 is 0. The number of aliphatic carboxylic acids is 1. The Morgan fingerprint density at radius 3 is 2.11 bits per heavy atom. The topological polar surface area (TPSA) is 40.5 Å². The molecule has 1 unspecified atom stereocenters. The Morgan fingerprint density at radius 2 is 1.68 bits per heavy atom. The van der Waals surface area contributed by atoms with E-state index in [1.165, 1.54) is 5.56 Å². The summed E-state index contributed by atoms with van der Waals surface area (Å²) in [6.07, 6.45) is 2.32. The molecule has 1 N–H and O–H groups in total. The summed E-state index contributed by atoms with van der Waals surface area (Å²) in [6, 6.07) is 7.97. The first kappa shape index (κ1) is 15.7. The smallest absolute Gasteiger partial charge is 0.310 e. The lowest BCUT2D eigenvalue weighted by atomic mass is 10.00. The predicted octanol–water partition coefficient (Wildman–Crippen LogP) is 3.50. The normalized spacial score (nSPS) is 12.6. The third-order valence-electron chi connectivity index (χ3n) is 3.34. The zero-order chi connectivity index (χ0) is 14.3. The second-order valence-electron chi connectivity index (χ2n) is 5.08. The van der Waals surface area contributed by atoms with E-state index in [-0.39, 0.29) is 0 Å². The van der Waals surface area contributed by atoms with E-state index >= 15 is 0 Å². The number of benzene rings is 1. The molecule has 1 atom stereocenters. The Labute approximate surface area is 116 Å². The molecule has 19 heavy (non-hydrogen) atoms. The minimum absolute atomic E-state index is 0.434. The molecule has 0 aliphatic heterocycles. The largest absolute Gasteiger partial charge is 0.481 e. The van der Waals surface area contributed by atoms with Crippen LogP contribution in [0.3, 0.4) is 0 Å². The molecule has 0 fully saturated rings. The standard InChI is InChI=1S/C16H25NO2/c1-4-10-17(11-5-2)12-14-6-8-15(9-7-14)13(3)16(18)19/h6-9,13H,4-5,10-12H2,1-3H3,(H,18,19). The van der Waals surface area contributed by atoms with Gasteiger partial charge in [-0.25, -0.2) is 0 Å². The molecule has 0 spiro atoms. The van der Waals surface area contributed by atoms with Crippen LogP contribution in [-0.4, -0.2) is 29.1 Å². The second kappa shape index (κ2) is 7.95. The Balaban J connectivity index is 2.67. The summed E-state index contributed by atoms with van der Waals surface area (Å²) in [5.74, 6) is -1.21. The van der Waals surface area contributed by atoms with Crippen molar-refractivity contribution in [1.29, 1.82) is 0 Å². The summed E-state index contributed by atoms with van der Waals surface area (Å²) in [5, 5.41) is 8.98. The molecule has 0 aliphatic carbocycles. The van der Waals surface area contributed by atoms with Gasteiger partial charge in [-0.05, 0) is 44.0 Å². The molecule has 1 aromatic rings. The van der Waals surface area contributed by atoms with E-state index in [1.807, 2.05) is 24.3 Å². The Morgan fingerprint density at radius 1 is 1.16 bits per heavy atom. The van der Waals surface area contributed by atoms with Gasteiger partial charge in [-0.3, -0.25) is 9.69 Å². The minimum Gasteiger partial charge on any atom is -0.481 e. The van der Waals surface area contributed by atoms with Crippen molar-refractivity contribution >= 4 is 5.97 Å². The first-order valence-corrected chi connectivity index (χ1v) is 7.12. The first-order valence-electron chi connectivity index (χ1n) is 7.12. The van der Waals surface area contributed by atoms with Gasteiger partial charge in [-0.15, -0.1) is 0 Å². The molecule has 0 aliphatic rings. The quantitative estimate of drug-likeness (QED) is 0.780. The summed E-state index contributed by atoms with van der Waals surface area (Å²) in [6.45, 7) is 9.28. The van der Waals surface area contributed by atoms with Gasteiger partial charge in [0, 0.05) is 6.54 Å². The summed E-state index contributed by atoms with van der Waals surface area (Å²) in [7, 11) is 0. The van der Waals surface area contributed by atoms with Crippen molar-refractivity contribution in [3.05, 3.63) is 35.4 Å². The maximum atomic E-state index is 10.9. The predicted molar refractivity (Wildman–Crippen MR) is 78.4 cm³/mol. The molecular formula is C16H25NO2. The number of hydrogen-bond donors (Lipinski definition) is 1. The summed E-state index contributed by atoms with van der Waals surface area (Å²) in [5.41, 5.74) is 2.12. The van der Waals surface area contributed by atoms with Gasteiger partial charge in [0.2, 0.25) is 0 Å². The highest BCUT2D eigenvalue weighted by Crippen LogP contribution is 2.17. The fourth-order valence-electron chi connectivity index (χ4n) is 2.21. The van der Waals surface area contributed by atoms with Crippen molar-refractivity contribution < 1.29 is 9.90 Å². The molecule has 0 bridgehead atoms. The summed E-state index contributed by atoms with van der Waals surface area (Å²) < 4.78 is 0. The fourth-order valence-corrected chi connectivity index (χ4v) is 2.21. The van der Waals surface area contributed by atoms with Gasteiger partial charge in [0.25, 0.3) is 0 Å². The van der Waals surface area contributed by atoms with Crippen LogP contribution in [0.25, 0.3) is 0 Å². The number of carboxylic acids is 1.